The van der Waals surface area contributed by atoms with Gasteiger partial charge in [0.25, 0.3) is 0 Å². The Morgan fingerprint density at radius 1 is 1.32 bits per heavy atom. The number of carbonyl (C=O) groups is 1. The third kappa shape index (κ3) is 5.39. The smallest absolute Gasteiger partial charge is 0.234 e. The highest BCUT2D eigenvalue weighted by Crippen LogP contribution is 2.12. The van der Waals surface area contributed by atoms with Gasteiger partial charge in [0, 0.05) is 12.1 Å². The number of halogens is 1. The van der Waals surface area contributed by atoms with Crippen molar-refractivity contribution in [2.24, 2.45) is 0 Å². The van der Waals surface area contributed by atoms with Gasteiger partial charge in [-0.1, -0.05) is 26.0 Å². The van der Waals surface area contributed by atoms with Crippen molar-refractivity contribution in [3.63, 3.8) is 0 Å². The Labute approximate surface area is 114 Å². The molecule has 0 aromatic heterocycles. The van der Waals surface area contributed by atoms with E-state index in [1.807, 2.05) is 13.0 Å². The summed E-state index contributed by atoms with van der Waals surface area (Å²) in [7, 11) is 0. The fourth-order valence-corrected chi connectivity index (χ4v) is 1.91. The SMILES string of the molecule is CCC(CC)NC(=O)CN[C@H](C)c1cccc(F)c1. The molecule has 1 amide bonds. The third-order valence-electron chi connectivity index (χ3n) is 3.27. The average molecular weight is 266 g/mol. The minimum atomic E-state index is -0.257. The van der Waals surface area contributed by atoms with Gasteiger partial charge in [-0.25, -0.2) is 4.39 Å². The van der Waals surface area contributed by atoms with Gasteiger partial charge in [0.1, 0.15) is 5.82 Å². The van der Waals surface area contributed by atoms with E-state index in [0.29, 0.717) is 0 Å². The predicted molar refractivity (Wildman–Crippen MR) is 75.3 cm³/mol. The summed E-state index contributed by atoms with van der Waals surface area (Å²) in [4.78, 5) is 11.7. The molecule has 0 aliphatic rings. The van der Waals surface area contributed by atoms with Gasteiger partial charge in [-0.3, -0.25) is 4.79 Å². The maximum atomic E-state index is 13.1. The fourth-order valence-electron chi connectivity index (χ4n) is 1.91. The van der Waals surface area contributed by atoms with Crippen molar-refractivity contribution in [1.29, 1.82) is 0 Å². The number of nitrogens with one attached hydrogen (secondary N) is 2. The normalized spacial score (nSPS) is 12.5. The molecule has 19 heavy (non-hydrogen) atoms. The van der Waals surface area contributed by atoms with Gasteiger partial charge in [-0.15, -0.1) is 0 Å². The number of benzene rings is 1. The van der Waals surface area contributed by atoms with E-state index >= 15 is 0 Å². The van der Waals surface area contributed by atoms with Crippen molar-refractivity contribution in [1.82, 2.24) is 10.6 Å². The molecule has 0 saturated carbocycles. The highest BCUT2D eigenvalue weighted by molar-refractivity contribution is 5.78. The predicted octanol–water partition coefficient (Wildman–Crippen LogP) is 2.78. The summed E-state index contributed by atoms with van der Waals surface area (Å²) >= 11 is 0. The Morgan fingerprint density at radius 3 is 2.58 bits per heavy atom. The first-order valence-corrected chi connectivity index (χ1v) is 6.85. The molecule has 0 fully saturated rings. The zero-order valence-corrected chi connectivity index (χ0v) is 11.9. The van der Waals surface area contributed by atoms with Crippen LogP contribution >= 0.6 is 0 Å². The fraction of sp³-hybridized carbons (Fsp3) is 0.533. The van der Waals surface area contributed by atoms with E-state index in [1.54, 1.807) is 6.07 Å². The largest absolute Gasteiger partial charge is 0.352 e. The van der Waals surface area contributed by atoms with E-state index in [1.165, 1.54) is 12.1 Å². The second-order valence-electron chi connectivity index (χ2n) is 4.74. The second kappa shape index (κ2) is 7.89. The molecule has 0 aliphatic heterocycles. The van der Waals surface area contributed by atoms with Crippen molar-refractivity contribution in [2.45, 2.75) is 45.7 Å². The Bertz CT molecular complexity index is 405. The van der Waals surface area contributed by atoms with Crippen LogP contribution in [-0.4, -0.2) is 18.5 Å². The lowest BCUT2D eigenvalue weighted by Crippen LogP contribution is -2.40. The molecule has 0 saturated heterocycles. The Kier molecular flexibility index (Phi) is 6.50. The molecular weight excluding hydrogens is 243 g/mol. The molecule has 0 bridgehead atoms. The summed E-state index contributed by atoms with van der Waals surface area (Å²) in [5.41, 5.74) is 0.843. The van der Waals surface area contributed by atoms with Crippen molar-refractivity contribution in [2.75, 3.05) is 6.54 Å². The highest BCUT2D eigenvalue weighted by atomic mass is 19.1. The number of carbonyl (C=O) groups excluding carboxylic acids is 1. The summed E-state index contributed by atoms with van der Waals surface area (Å²) in [6, 6.07) is 6.60. The molecular formula is C15H23FN2O. The molecule has 2 N–H and O–H groups in total. The Balaban J connectivity index is 2.41. The molecule has 1 aromatic carbocycles. The van der Waals surface area contributed by atoms with Gasteiger partial charge >= 0.3 is 0 Å². The topological polar surface area (TPSA) is 41.1 Å². The van der Waals surface area contributed by atoms with Gasteiger partial charge in [-0.2, -0.15) is 0 Å². The monoisotopic (exact) mass is 266 g/mol. The summed E-state index contributed by atoms with van der Waals surface area (Å²) in [5.74, 6) is -0.274. The summed E-state index contributed by atoms with van der Waals surface area (Å²) in [5, 5.41) is 6.06. The summed E-state index contributed by atoms with van der Waals surface area (Å²) in [6.07, 6.45) is 1.86. The van der Waals surface area contributed by atoms with E-state index in [0.717, 1.165) is 18.4 Å². The van der Waals surface area contributed by atoms with Crippen LogP contribution in [0.5, 0.6) is 0 Å². The third-order valence-corrected chi connectivity index (χ3v) is 3.27. The first kappa shape index (κ1) is 15.6. The lowest BCUT2D eigenvalue weighted by atomic mass is 10.1. The van der Waals surface area contributed by atoms with Crippen molar-refractivity contribution < 1.29 is 9.18 Å². The van der Waals surface area contributed by atoms with Crippen LogP contribution in [0, 0.1) is 5.82 Å². The Morgan fingerprint density at radius 2 is 2.00 bits per heavy atom. The molecule has 0 spiro atoms. The van der Waals surface area contributed by atoms with Crippen LogP contribution in [0.4, 0.5) is 4.39 Å². The number of hydrogen-bond acceptors (Lipinski definition) is 2. The molecule has 0 unspecified atom stereocenters. The van der Waals surface area contributed by atoms with Gasteiger partial charge < -0.3 is 10.6 Å². The summed E-state index contributed by atoms with van der Waals surface area (Å²) < 4.78 is 13.1. The van der Waals surface area contributed by atoms with Crippen molar-refractivity contribution >= 4 is 5.91 Å². The number of rotatable bonds is 7. The molecule has 1 aromatic rings. The lowest BCUT2D eigenvalue weighted by Gasteiger charge is -2.17. The van der Waals surface area contributed by atoms with Crippen molar-refractivity contribution in [3.05, 3.63) is 35.6 Å². The van der Waals surface area contributed by atoms with Crippen LogP contribution in [0.3, 0.4) is 0 Å². The molecule has 0 radical (unpaired) electrons. The van der Waals surface area contributed by atoms with Crippen molar-refractivity contribution in [3.8, 4) is 0 Å². The quantitative estimate of drug-likeness (QED) is 0.796. The summed E-state index contributed by atoms with van der Waals surface area (Å²) in [6.45, 7) is 6.27. The molecule has 3 nitrogen and oxygen atoms in total. The second-order valence-corrected chi connectivity index (χ2v) is 4.74. The standard InChI is InChI=1S/C15H23FN2O/c1-4-14(5-2)18-15(19)10-17-11(3)12-7-6-8-13(16)9-12/h6-9,11,14,17H,4-5,10H2,1-3H3,(H,18,19)/t11-/m1/s1. The average Bonchev–Trinajstić information content (AvgIpc) is 2.42. The van der Waals surface area contributed by atoms with E-state index in [2.05, 4.69) is 24.5 Å². The minimum absolute atomic E-state index is 0.0167. The van der Waals surface area contributed by atoms with Gasteiger partial charge in [0.15, 0.2) is 0 Å². The number of amides is 1. The van der Waals surface area contributed by atoms with E-state index in [9.17, 15) is 9.18 Å². The lowest BCUT2D eigenvalue weighted by molar-refractivity contribution is -0.121. The molecule has 1 rings (SSSR count). The maximum absolute atomic E-state index is 13.1. The maximum Gasteiger partial charge on any atom is 0.234 e. The molecule has 0 heterocycles. The van der Waals surface area contributed by atoms with Crippen LogP contribution in [0.15, 0.2) is 24.3 Å². The van der Waals surface area contributed by atoms with Crippen LogP contribution < -0.4 is 10.6 Å². The molecule has 0 aliphatic carbocycles. The Hall–Kier alpha value is -1.42. The van der Waals surface area contributed by atoms with E-state index < -0.39 is 0 Å². The molecule has 1 atom stereocenters. The molecule has 4 heteroatoms. The van der Waals surface area contributed by atoms with Crippen LogP contribution in [0.25, 0.3) is 0 Å². The van der Waals surface area contributed by atoms with E-state index in [4.69, 9.17) is 0 Å². The molecule has 106 valence electrons. The minimum Gasteiger partial charge on any atom is -0.352 e. The van der Waals surface area contributed by atoms with Gasteiger partial charge in [0.2, 0.25) is 5.91 Å². The van der Waals surface area contributed by atoms with Crippen LogP contribution in [0.1, 0.15) is 45.2 Å². The highest BCUT2D eigenvalue weighted by Gasteiger charge is 2.10. The zero-order valence-electron chi connectivity index (χ0n) is 11.9. The van der Waals surface area contributed by atoms with Gasteiger partial charge in [0.05, 0.1) is 6.54 Å². The van der Waals surface area contributed by atoms with E-state index in [-0.39, 0.29) is 30.4 Å². The van der Waals surface area contributed by atoms with Gasteiger partial charge in [-0.05, 0) is 37.5 Å². The first-order valence-electron chi connectivity index (χ1n) is 6.85. The zero-order chi connectivity index (χ0) is 14.3. The first-order chi connectivity index (χ1) is 9.06. The van der Waals surface area contributed by atoms with Crippen LogP contribution in [0.2, 0.25) is 0 Å². The number of hydrogen-bond donors (Lipinski definition) is 2. The van der Waals surface area contributed by atoms with Crippen LogP contribution in [-0.2, 0) is 4.79 Å².